The highest BCUT2D eigenvalue weighted by molar-refractivity contribution is 5.84. The van der Waals surface area contributed by atoms with Crippen LogP contribution in [0.15, 0.2) is 36.5 Å². The number of hydrogen-bond acceptors (Lipinski definition) is 3. The summed E-state index contributed by atoms with van der Waals surface area (Å²) in [7, 11) is 0. The van der Waals surface area contributed by atoms with Crippen LogP contribution in [0.3, 0.4) is 0 Å². The summed E-state index contributed by atoms with van der Waals surface area (Å²) in [6.45, 7) is 1.62. The Hall–Kier alpha value is -1.45. The molecular weight excluding hydrogens is 224 g/mol. The summed E-state index contributed by atoms with van der Waals surface area (Å²) in [4.78, 5) is 4.50. The molecule has 1 aromatic carbocycles. The molecule has 1 saturated heterocycles. The smallest absolute Gasteiger partial charge is 0.0652 e. The molecule has 0 amide bonds. The minimum Gasteiger partial charge on any atom is -0.381 e. The van der Waals surface area contributed by atoms with Gasteiger partial charge in [-0.1, -0.05) is 24.3 Å². The number of ether oxygens (including phenoxy) is 1. The molecule has 2 atom stereocenters. The quantitative estimate of drug-likeness (QED) is 0.880. The number of aromatic nitrogens is 1. The van der Waals surface area contributed by atoms with E-state index in [4.69, 9.17) is 10.5 Å². The van der Waals surface area contributed by atoms with Crippen molar-refractivity contribution in [2.45, 2.75) is 18.9 Å². The van der Waals surface area contributed by atoms with Gasteiger partial charge in [-0.2, -0.15) is 0 Å². The maximum atomic E-state index is 6.39. The van der Waals surface area contributed by atoms with Gasteiger partial charge in [0, 0.05) is 24.1 Å². The Labute approximate surface area is 107 Å². The van der Waals surface area contributed by atoms with E-state index >= 15 is 0 Å². The number of rotatable bonds is 2. The Morgan fingerprint density at radius 3 is 3.00 bits per heavy atom. The van der Waals surface area contributed by atoms with E-state index in [1.807, 2.05) is 24.4 Å². The van der Waals surface area contributed by atoms with Gasteiger partial charge >= 0.3 is 0 Å². The normalized spacial score (nSPS) is 21.9. The Kier molecular flexibility index (Phi) is 3.26. The molecule has 0 aliphatic carbocycles. The van der Waals surface area contributed by atoms with Gasteiger partial charge in [0.1, 0.15) is 0 Å². The molecular formula is C15H18N2O. The molecule has 0 saturated carbocycles. The zero-order valence-electron chi connectivity index (χ0n) is 10.4. The molecule has 18 heavy (non-hydrogen) atoms. The fourth-order valence-corrected chi connectivity index (χ4v) is 2.68. The van der Waals surface area contributed by atoms with Crippen LogP contribution in [-0.2, 0) is 4.74 Å². The van der Waals surface area contributed by atoms with Crippen molar-refractivity contribution in [3.8, 4) is 0 Å². The summed E-state index contributed by atoms with van der Waals surface area (Å²) in [5.41, 5.74) is 7.40. The van der Waals surface area contributed by atoms with Crippen LogP contribution in [0.25, 0.3) is 10.8 Å². The molecule has 1 aromatic heterocycles. The third-order valence-electron chi connectivity index (χ3n) is 3.72. The molecule has 2 aromatic rings. The third-order valence-corrected chi connectivity index (χ3v) is 3.72. The molecule has 0 bridgehead atoms. The van der Waals surface area contributed by atoms with E-state index in [1.165, 1.54) is 5.39 Å². The molecule has 0 spiro atoms. The molecule has 3 nitrogen and oxygen atoms in total. The topological polar surface area (TPSA) is 48.1 Å². The second-order valence-corrected chi connectivity index (χ2v) is 4.92. The summed E-state index contributed by atoms with van der Waals surface area (Å²) in [6, 6.07) is 10.3. The minimum atomic E-state index is -0.0311. The number of pyridine rings is 1. The second-order valence-electron chi connectivity index (χ2n) is 4.92. The van der Waals surface area contributed by atoms with Crippen LogP contribution >= 0.6 is 0 Å². The van der Waals surface area contributed by atoms with E-state index in [1.54, 1.807) is 0 Å². The van der Waals surface area contributed by atoms with Crippen LogP contribution in [0.1, 0.15) is 24.6 Å². The summed E-state index contributed by atoms with van der Waals surface area (Å²) >= 11 is 0. The fourth-order valence-electron chi connectivity index (χ4n) is 2.68. The van der Waals surface area contributed by atoms with E-state index < -0.39 is 0 Å². The number of fused-ring (bicyclic) bond motifs is 1. The summed E-state index contributed by atoms with van der Waals surface area (Å²) < 4.78 is 5.53. The Morgan fingerprint density at radius 2 is 2.17 bits per heavy atom. The van der Waals surface area contributed by atoms with E-state index in [2.05, 4.69) is 17.1 Å². The fraction of sp³-hybridized carbons (Fsp3) is 0.400. The number of benzene rings is 1. The van der Waals surface area contributed by atoms with Crippen molar-refractivity contribution in [3.05, 3.63) is 42.2 Å². The van der Waals surface area contributed by atoms with Crippen molar-refractivity contribution in [1.82, 2.24) is 4.98 Å². The lowest BCUT2D eigenvalue weighted by Gasteiger charge is -2.27. The zero-order chi connectivity index (χ0) is 12.4. The van der Waals surface area contributed by atoms with E-state index in [-0.39, 0.29) is 6.04 Å². The first-order valence-electron chi connectivity index (χ1n) is 6.53. The first-order chi connectivity index (χ1) is 8.86. The molecule has 0 radical (unpaired) electrons. The van der Waals surface area contributed by atoms with Crippen molar-refractivity contribution >= 4 is 10.8 Å². The molecule has 2 N–H and O–H groups in total. The van der Waals surface area contributed by atoms with Crippen LogP contribution in [0.5, 0.6) is 0 Å². The Balaban J connectivity index is 1.97. The predicted octanol–water partition coefficient (Wildman–Crippen LogP) is 2.66. The van der Waals surface area contributed by atoms with Gasteiger partial charge in [-0.3, -0.25) is 4.98 Å². The second kappa shape index (κ2) is 5.04. The van der Waals surface area contributed by atoms with E-state index in [0.29, 0.717) is 5.92 Å². The molecule has 94 valence electrons. The Bertz CT molecular complexity index is 530. The molecule has 1 fully saturated rings. The molecule has 2 unspecified atom stereocenters. The molecule has 1 aliphatic heterocycles. The lowest BCUT2D eigenvalue weighted by atomic mass is 9.90. The van der Waals surface area contributed by atoms with Gasteiger partial charge in [-0.25, -0.2) is 0 Å². The van der Waals surface area contributed by atoms with E-state index in [0.717, 1.165) is 37.1 Å². The van der Waals surface area contributed by atoms with Gasteiger partial charge in [0.15, 0.2) is 0 Å². The van der Waals surface area contributed by atoms with E-state index in [9.17, 15) is 0 Å². The zero-order valence-corrected chi connectivity index (χ0v) is 10.4. The van der Waals surface area contributed by atoms with Gasteiger partial charge in [0.25, 0.3) is 0 Å². The van der Waals surface area contributed by atoms with Crippen LogP contribution in [0, 0.1) is 5.92 Å². The highest BCUT2D eigenvalue weighted by Crippen LogP contribution is 2.29. The van der Waals surface area contributed by atoms with Crippen molar-refractivity contribution in [3.63, 3.8) is 0 Å². The van der Waals surface area contributed by atoms with Crippen LogP contribution < -0.4 is 5.73 Å². The number of hydrogen-bond donors (Lipinski definition) is 1. The van der Waals surface area contributed by atoms with Gasteiger partial charge in [0.2, 0.25) is 0 Å². The average molecular weight is 242 g/mol. The molecule has 3 rings (SSSR count). The lowest BCUT2D eigenvalue weighted by Crippen LogP contribution is -2.29. The standard InChI is InChI=1S/C15H18N2O/c16-14(12-5-3-9-18-10-12)15-13-6-2-1-4-11(13)7-8-17-15/h1-2,4,6-8,12,14H,3,5,9-10,16H2. The molecule has 1 aliphatic rings. The first kappa shape index (κ1) is 11.6. The van der Waals surface area contributed by atoms with Crippen molar-refractivity contribution in [2.75, 3.05) is 13.2 Å². The summed E-state index contributed by atoms with van der Waals surface area (Å²) in [6.07, 6.45) is 4.08. The number of nitrogens with two attached hydrogens (primary N) is 1. The minimum absolute atomic E-state index is 0.0311. The van der Waals surface area contributed by atoms with Crippen molar-refractivity contribution in [1.29, 1.82) is 0 Å². The first-order valence-corrected chi connectivity index (χ1v) is 6.53. The van der Waals surface area contributed by atoms with Crippen LogP contribution in [0.2, 0.25) is 0 Å². The lowest BCUT2D eigenvalue weighted by molar-refractivity contribution is 0.0444. The molecule has 2 heterocycles. The van der Waals surface area contributed by atoms with Gasteiger partial charge in [0.05, 0.1) is 18.3 Å². The monoisotopic (exact) mass is 242 g/mol. The van der Waals surface area contributed by atoms with Gasteiger partial charge in [-0.15, -0.1) is 0 Å². The van der Waals surface area contributed by atoms with Crippen molar-refractivity contribution < 1.29 is 4.74 Å². The SMILES string of the molecule is NC(c1nccc2ccccc12)C1CCCOC1. The van der Waals surface area contributed by atoms with Gasteiger partial charge < -0.3 is 10.5 Å². The summed E-state index contributed by atoms with van der Waals surface area (Å²) in [5.74, 6) is 0.386. The highest BCUT2D eigenvalue weighted by atomic mass is 16.5. The molecule has 3 heteroatoms. The van der Waals surface area contributed by atoms with Crippen LogP contribution in [0.4, 0.5) is 0 Å². The number of nitrogens with zero attached hydrogens (tertiary/aromatic N) is 1. The van der Waals surface area contributed by atoms with Crippen molar-refractivity contribution in [2.24, 2.45) is 11.7 Å². The largest absolute Gasteiger partial charge is 0.381 e. The predicted molar refractivity (Wildman–Crippen MR) is 72.2 cm³/mol. The third kappa shape index (κ3) is 2.11. The Morgan fingerprint density at radius 1 is 1.28 bits per heavy atom. The average Bonchev–Trinajstić information content (AvgIpc) is 2.47. The highest BCUT2D eigenvalue weighted by Gasteiger charge is 2.24. The van der Waals surface area contributed by atoms with Crippen LogP contribution in [-0.4, -0.2) is 18.2 Å². The van der Waals surface area contributed by atoms with Gasteiger partial charge in [-0.05, 0) is 24.3 Å². The maximum Gasteiger partial charge on any atom is 0.0652 e. The summed E-state index contributed by atoms with van der Waals surface area (Å²) in [5, 5.41) is 2.37. The maximum absolute atomic E-state index is 6.39.